The Morgan fingerprint density at radius 3 is 2.52 bits per heavy atom. The van der Waals surface area contributed by atoms with E-state index in [-0.39, 0.29) is 11.8 Å². The maximum absolute atomic E-state index is 13.4. The smallest absolute Gasteiger partial charge is 0.317 e. The zero-order valence-corrected chi connectivity index (χ0v) is 12.3. The highest BCUT2D eigenvalue weighted by atomic mass is 19.1. The SMILES string of the molecule is Cc1ccc(CNC(=O)N(C)Cc2ccccc2)cc1F. The molecule has 0 bridgehead atoms. The van der Waals surface area contributed by atoms with Crippen LogP contribution < -0.4 is 5.32 Å². The van der Waals surface area contributed by atoms with Crippen molar-refractivity contribution in [3.63, 3.8) is 0 Å². The number of amides is 2. The molecule has 0 aliphatic carbocycles. The molecule has 0 spiro atoms. The second kappa shape index (κ2) is 6.88. The van der Waals surface area contributed by atoms with Gasteiger partial charge in [-0.1, -0.05) is 42.5 Å². The highest BCUT2D eigenvalue weighted by molar-refractivity contribution is 5.73. The van der Waals surface area contributed by atoms with E-state index in [1.807, 2.05) is 36.4 Å². The summed E-state index contributed by atoms with van der Waals surface area (Å²) in [5, 5.41) is 2.79. The largest absolute Gasteiger partial charge is 0.334 e. The van der Waals surface area contributed by atoms with E-state index < -0.39 is 0 Å². The molecule has 0 heterocycles. The number of carbonyl (C=O) groups is 1. The molecule has 0 atom stereocenters. The summed E-state index contributed by atoms with van der Waals surface area (Å²) < 4.78 is 13.4. The van der Waals surface area contributed by atoms with Gasteiger partial charge in [0.2, 0.25) is 0 Å². The van der Waals surface area contributed by atoms with Crippen LogP contribution in [0, 0.1) is 12.7 Å². The van der Waals surface area contributed by atoms with Crippen molar-refractivity contribution in [2.75, 3.05) is 7.05 Å². The van der Waals surface area contributed by atoms with Crippen LogP contribution >= 0.6 is 0 Å². The quantitative estimate of drug-likeness (QED) is 0.917. The predicted octanol–water partition coefficient (Wildman–Crippen LogP) is 3.48. The molecule has 4 heteroatoms. The predicted molar refractivity (Wildman–Crippen MR) is 81.3 cm³/mol. The van der Waals surface area contributed by atoms with Crippen molar-refractivity contribution in [2.24, 2.45) is 0 Å². The first-order valence-electron chi connectivity index (χ1n) is 6.84. The second-order valence-corrected chi connectivity index (χ2v) is 5.08. The van der Waals surface area contributed by atoms with Crippen LogP contribution in [0.3, 0.4) is 0 Å². The average Bonchev–Trinajstić information content (AvgIpc) is 2.49. The minimum absolute atomic E-state index is 0.181. The molecule has 0 radical (unpaired) electrons. The lowest BCUT2D eigenvalue weighted by molar-refractivity contribution is 0.206. The van der Waals surface area contributed by atoms with Crippen molar-refractivity contribution in [3.05, 3.63) is 71.0 Å². The highest BCUT2D eigenvalue weighted by Gasteiger charge is 2.09. The first-order valence-corrected chi connectivity index (χ1v) is 6.84. The Morgan fingerprint density at radius 2 is 1.86 bits per heavy atom. The summed E-state index contributed by atoms with van der Waals surface area (Å²) in [4.78, 5) is 13.6. The van der Waals surface area contributed by atoms with E-state index in [4.69, 9.17) is 0 Å². The third-order valence-electron chi connectivity index (χ3n) is 3.29. The van der Waals surface area contributed by atoms with E-state index in [1.165, 1.54) is 6.07 Å². The number of hydrogen-bond donors (Lipinski definition) is 1. The van der Waals surface area contributed by atoms with E-state index in [2.05, 4.69) is 5.32 Å². The van der Waals surface area contributed by atoms with Crippen molar-refractivity contribution in [1.82, 2.24) is 10.2 Å². The van der Waals surface area contributed by atoms with Crippen LogP contribution in [0.15, 0.2) is 48.5 Å². The minimum Gasteiger partial charge on any atom is -0.334 e. The number of nitrogens with zero attached hydrogens (tertiary/aromatic N) is 1. The number of hydrogen-bond acceptors (Lipinski definition) is 1. The Balaban J connectivity index is 1.87. The zero-order chi connectivity index (χ0) is 15.2. The summed E-state index contributed by atoms with van der Waals surface area (Å²) >= 11 is 0. The molecule has 2 aromatic rings. The molecule has 0 saturated heterocycles. The molecule has 110 valence electrons. The second-order valence-electron chi connectivity index (χ2n) is 5.08. The molecule has 1 N–H and O–H groups in total. The lowest BCUT2D eigenvalue weighted by Gasteiger charge is -2.18. The van der Waals surface area contributed by atoms with Gasteiger partial charge in [0.15, 0.2) is 0 Å². The Hall–Kier alpha value is -2.36. The summed E-state index contributed by atoms with van der Waals surface area (Å²) in [6.45, 7) is 2.56. The van der Waals surface area contributed by atoms with Gasteiger partial charge in [-0.05, 0) is 29.7 Å². The van der Waals surface area contributed by atoms with Crippen LogP contribution in [0.4, 0.5) is 9.18 Å². The van der Waals surface area contributed by atoms with Gasteiger partial charge in [-0.2, -0.15) is 0 Å². The Bertz CT molecular complexity index is 613. The first kappa shape index (κ1) is 15.0. The third kappa shape index (κ3) is 4.31. The number of nitrogens with one attached hydrogen (secondary N) is 1. The molecule has 0 saturated carbocycles. The van der Waals surface area contributed by atoms with E-state index >= 15 is 0 Å². The fraction of sp³-hybridized carbons (Fsp3) is 0.235. The Labute approximate surface area is 124 Å². The molecule has 0 unspecified atom stereocenters. The van der Waals surface area contributed by atoms with Crippen LogP contribution in [0.25, 0.3) is 0 Å². The fourth-order valence-corrected chi connectivity index (χ4v) is 1.99. The summed E-state index contributed by atoms with van der Waals surface area (Å²) in [6.07, 6.45) is 0. The van der Waals surface area contributed by atoms with Gasteiger partial charge in [-0.3, -0.25) is 0 Å². The monoisotopic (exact) mass is 286 g/mol. The van der Waals surface area contributed by atoms with Crippen molar-refractivity contribution in [1.29, 1.82) is 0 Å². The first-order chi connectivity index (χ1) is 10.1. The number of benzene rings is 2. The number of urea groups is 1. The molecule has 2 amide bonds. The molecule has 0 aliphatic heterocycles. The van der Waals surface area contributed by atoms with Gasteiger partial charge < -0.3 is 10.2 Å². The summed E-state index contributed by atoms with van der Waals surface area (Å²) in [5.41, 5.74) is 2.42. The zero-order valence-electron chi connectivity index (χ0n) is 12.3. The third-order valence-corrected chi connectivity index (χ3v) is 3.29. The Kier molecular flexibility index (Phi) is 4.93. The topological polar surface area (TPSA) is 32.3 Å². The van der Waals surface area contributed by atoms with E-state index in [0.717, 1.165) is 11.1 Å². The average molecular weight is 286 g/mol. The lowest BCUT2D eigenvalue weighted by Crippen LogP contribution is -2.36. The molecule has 0 aromatic heterocycles. The maximum Gasteiger partial charge on any atom is 0.317 e. The van der Waals surface area contributed by atoms with E-state index in [9.17, 15) is 9.18 Å². The highest BCUT2D eigenvalue weighted by Crippen LogP contribution is 2.09. The summed E-state index contributed by atoms with van der Waals surface area (Å²) in [5.74, 6) is -0.251. The molecular weight excluding hydrogens is 267 g/mol. The number of halogens is 1. The normalized spacial score (nSPS) is 10.2. The van der Waals surface area contributed by atoms with Crippen LogP contribution in [-0.4, -0.2) is 18.0 Å². The summed E-state index contributed by atoms with van der Waals surface area (Å²) in [7, 11) is 1.73. The fourth-order valence-electron chi connectivity index (χ4n) is 1.99. The van der Waals surface area contributed by atoms with Gasteiger partial charge in [0.1, 0.15) is 5.82 Å². The van der Waals surface area contributed by atoms with Gasteiger partial charge in [0, 0.05) is 20.1 Å². The maximum atomic E-state index is 13.4. The minimum atomic E-state index is -0.251. The van der Waals surface area contributed by atoms with Crippen molar-refractivity contribution < 1.29 is 9.18 Å². The van der Waals surface area contributed by atoms with Gasteiger partial charge >= 0.3 is 6.03 Å². The van der Waals surface area contributed by atoms with Crippen LogP contribution in [0.5, 0.6) is 0 Å². The van der Waals surface area contributed by atoms with Crippen molar-refractivity contribution in [3.8, 4) is 0 Å². The van der Waals surface area contributed by atoms with Gasteiger partial charge in [-0.15, -0.1) is 0 Å². The number of rotatable bonds is 4. The number of carbonyl (C=O) groups excluding carboxylic acids is 1. The van der Waals surface area contributed by atoms with Gasteiger partial charge in [0.05, 0.1) is 0 Å². The van der Waals surface area contributed by atoms with E-state index in [1.54, 1.807) is 24.9 Å². The Morgan fingerprint density at radius 1 is 1.14 bits per heavy atom. The molecular formula is C17H19FN2O. The molecule has 2 rings (SSSR count). The van der Waals surface area contributed by atoms with E-state index in [0.29, 0.717) is 18.7 Å². The standard InChI is InChI=1S/C17H19FN2O/c1-13-8-9-15(10-16(13)18)11-19-17(21)20(2)12-14-6-4-3-5-7-14/h3-10H,11-12H2,1-2H3,(H,19,21). The lowest BCUT2D eigenvalue weighted by atomic mass is 10.1. The molecule has 0 aliphatic rings. The number of aryl methyl sites for hydroxylation is 1. The molecule has 21 heavy (non-hydrogen) atoms. The van der Waals surface area contributed by atoms with Crippen molar-refractivity contribution >= 4 is 6.03 Å². The van der Waals surface area contributed by atoms with Crippen LogP contribution in [0.1, 0.15) is 16.7 Å². The van der Waals surface area contributed by atoms with Crippen LogP contribution in [-0.2, 0) is 13.1 Å². The van der Waals surface area contributed by atoms with Gasteiger partial charge in [-0.25, -0.2) is 9.18 Å². The van der Waals surface area contributed by atoms with Crippen LogP contribution in [0.2, 0.25) is 0 Å². The summed E-state index contributed by atoms with van der Waals surface area (Å²) in [6, 6.07) is 14.6. The molecule has 0 fully saturated rings. The van der Waals surface area contributed by atoms with Gasteiger partial charge in [0.25, 0.3) is 0 Å². The molecule has 3 nitrogen and oxygen atoms in total. The van der Waals surface area contributed by atoms with Crippen molar-refractivity contribution in [2.45, 2.75) is 20.0 Å². The molecule has 2 aromatic carbocycles.